The summed E-state index contributed by atoms with van der Waals surface area (Å²) in [6.45, 7) is 8.65. The van der Waals surface area contributed by atoms with Crippen molar-refractivity contribution in [3.05, 3.63) is 51.5 Å². The van der Waals surface area contributed by atoms with Crippen LogP contribution in [0.25, 0.3) is 0 Å². The number of nitrogens with one attached hydrogen (secondary N) is 1. The maximum absolute atomic E-state index is 4.54. The van der Waals surface area contributed by atoms with Gasteiger partial charge in [-0.2, -0.15) is 0 Å². The third-order valence-electron chi connectivity index (χ3n) is 3.40. The molecule has 0 saturated carbocycles. The van der Waals surface area contributed by atoms with E-state index in [1.165, 1.54) is 11.1 Å². The third kappa shape index (κ3) is 3.88. The number of hydrogen-bond donors (Lipinski definition) is 1. The maximum atomic E-state index is 4.54. The van der Waals surface area contributed by atoms with Gasteiger partial charge in [-0.25, -0.2) is 4.98 Å². The highest BCUT2D eigenvalue weighted by molar-refractivity contribution is 7.09. The lowest BCUT2D eigenvalue weighted by molar-refractivity contribution is 0.470. The fourth-order valence-corrected chi connectivity index (χ4v) is 3.03. The third-order valence-corrected chi connectivity index (χ3v) is 4.19. The van der Waals surface area contributed by atoms with Crippen molar-refractivity contribution in [1.29, 1.82) is 0 Å². The second-order valence-corrected chi connectivity index (χ2v) is 6.27. The summed E-state index contributed by atoms with van der Waals surface area (Å²) in [4.78, 5) is 4.54. The molecule has 2 unspecified atom stereocenters. The van der Waals surface area contributed by atoms with Gasteiger partial charge in [0, 0.05) is 17.5 Å². The van der Waals surface area contributed by atoms with E-state index in [-0.39, 0.29) is 0 Å². The van der Waals surface area contributed by atoms with E-state index in [0.717, 1.165) is 17.1 Å². The van der Waals surface area contributed by atoms with Gasteiger partial charge in [-0.15, -0.1) is 11.3 Å². The van der Waals surface area contributed by atoms with Crippen molar-refractivity contribution in [1.82, 2.24) is 10.3 Å². The van der Waals surface area contributed by atoms with E-state index in [1.807, 2.05) is 0 Å². The van der Waals surface area contributed by atoms with Crippen molar-refractivity contribution in [2.45, 2.75) is 46.2 Å². The van der Waals surface area contributed by atoms with E-state index in [9.17, 15) is 0 Å². The van der Waals surface area contributed by atoms with Crippen LogP contribution in [0.1, 0.15) is 41.7 Å². The Labute approximate surface area is 119 Å². The van der Waals surface area contributed by atoms with Gasteiger partial charge < -0.3 is 5.32 Å². The number of nitrogens with zero attached hydrogens (tertiary/aromatic N) is 1. The summed E-state index contributed by atoms with van der Waals surface area (Å²) in [5.41, 5.74) is 3.94. The molecule has 0 saturated heterocycles. The Morgan fingerprint density at radius 1 is 1.21 bits per heavy atom. The molecule has 0 amide bonds. The second kappa shape index (κ2) is 6.31. The quantitative estimate of drug-likeness (QED) is 0.890. The topological polar surface area (TPSA) is 24.9 Å². The largest absolute Gasteiger partial charge is 0.306 e. The zero-order valence-electron chi connectivity index (χ0n) is 12.1. The molecule has 19 heavy (non-hydrogen) atoms. The average Bonchev–Trinajstić information content (AvgIpc) is 2.79. The Morgan fingerprint density at radius 3 is 2.58 bits per heavy atom. The molecular formula is C16H22N2S. The standard InChI is InChI=1S/C16H22N2S/c1-11-7-5-6-8-15(11)9-12(2)17-13(3)16-10-19-14(4)18-16/h5-8,10,12-13,17H,9H2,1-4H3. The molecule has 2 atom stereocenters. The molecular weight excluding hydrogens is 252 g/mol. The molecule has 0 aliphatic heterocycles. The SMILES string of the molecule is Cc1nc(C(C)NC(C)Cc2ccccc2C)cs1. The predicted octanol–water partition coefficient (Wildman–Crippen LogP) is 4.04. The Bertz CT molecular complexity index is 533. The van der Waals surface area contributed by atoms with Gasteiger partial charge in [-0.3, -0.25) is 0 Å². The van der Waals surface area contributed by atoms with Crippen LogP contribution in [0.4, 0.5) is 0 Å². The number of aromatic nitrogens is 1. The molecule has 2 aromatic rings. The molecule has 102 valence electrons. The maximum Gasteiger partial charge on any atom is 0.0898 e. The lowest BCUT2D eigenvalue weighted by Gasteiger charge is -2.19. The number of aryl methyl sites for hydroxylation is 2. The number of benzene rings is 1. The van der Waals surface area contributed by atoms with Crippen LogP contribution in [0.15, 0.2) is 29.6 Å². The molecule has 1 heterocycles. The van der Waals surface area contributed by atoms with Gasteiger partial charge in [0.25, 0.3) is 0 Å². The monoisotopic (exact) mass is 274 g/mol. The number of rotatable bonds is 5. The van der Waals surface area contributed by atoms with Crippen LogP contribution in [-0.2, 0) is 6.42 Å². The minimum atomic E-state index is 0.309. The normalized spacial score (nSPS) is 14.3. The van der Waals surface area contributed by atoms with Crippen molar-refractivity contribution in [2.24, 2.45) is 0 Å². The highest BCUT2D eigenvalue weighted by Crippen LogP contribution is 2.17. The first kappa shape index (κ1) is 14.2. The highest BCUT2D eigenvalue weighted by atomic mass is 32.1. The summed E-state index contributed by atoms with van der Waals surface area (Å²) in [6, 6.07) is 9.35. The highest BCUT2D eigenvalue weighted by Gasteiger charge is 2.12. The molecule has 0 aliphatic carbocycles. The summed E-state index contributed by atoms with van der Waals surface area (Å²) in [6.07, 6.45) is 1.06. The van der Waals surface area contributed by atoms with Gasteiger partial charge >= 0.3 is 0 Å². The average molecular weight is 274 g/mol. The van der Waals surface area contributed by atoms with Gasteiger partial charge in [0.15, 0.2) is 0 Å². The first-order valence-corrected chi connectivity index (χ1v) is 7.67. The minimum Gasteiger partial charge on any atom is -0.306 e. The second-order valence-electron chi connectivity index (χ2n) is 5.21. The summed E-state index contributed by atoms with van der Waals surface area (Å²) >= 11 is 1.72. The zero-order chi connectivity index (χ0) is 13.8. The van der Waals surface area contributed by atoms with E-state index in [1.54, 1.807) is 11.3 Å². The summed E-state index contributed by atoms with van der Waals surface area (Å²) in [5.74, 6) is 0. The van der Waals surface area contributed by atoms with Crippen LogP contribution >= 0.6 is 11.3 Å². The molecule has 0 radical (unpaired) electrons. The van der Waals surface area contributed by atoms with E-state index in [4.69, 9.17) is 0 Å². The van der Waals surface area contributed by atoms with Crippen LogP contribution in [0.2, 0.25) is 0 Å². The molecule has 1 aromatic carbocycles. The molecule has 0 aliphatic rings. The predicted molar refractivity (Wildman–Crippen MR) is 82.7 cm³/mol. The Kier molecular flexibility index (Phi) is 4.72. The van der Waals surface area contributed by atoms with Gasteiger partial charge in [-0.05, 0) is 45.2 Å². The van der Waals surface area contributed by atoms with Gasteiger partial charge in [0.2, 0.25) is 0 Å². The Morgan fingerprint density at radius 2 is 1.95 bits per heavy atom. The first-order chi connectivity index (χ1) is 9.06. The van der Waals surface area contributed by atoms with Crippen molar-refractivity contribution in [3.8, 4) is 0 Å². The van der Waals surface area contributed by atoms with Crippen molar-refractivity contribution < 1.29 is 0 Å². The van der Waals surface area contributed by atoms with Crippen LogP contribution in [0.5, 0.6) is 0 Å². The molecule has 3 heteroatoms. The molecule has 0 bridgehead atoms. The molecule has 2 rings (SSSR count). The molecule has 1 N–H and O–H groups in total. The first-order valence-electron chi connectivity index (χ1n) is 6.79. The number of hydrogen-bond acceptors (Lipinski definition) is 3. The molecule has 1 aromatic heterocycles. The lowest BCUT2D eigenvalue weighted by Crippen LogP contribution is -2.31. The lowest BCUT2D eigenvalue weighted by atomic mass is 10.0. The molecule has 0 fully saturated rings. The van der Waals surface area contributed by atoms with Crippen LogP contribution < -0.4 is 5.32 Å². The van der Waals surface area contributed by atoms with Gasteiger partial charge in [0.05, 0.1) is 10.7 Å². The van der Waals surface area contributed by atoms with Crippen molar-refractivity contribution >= 4 is 11.3 Å². The van der Waals surface area contributed by atoms with Crippen molar-refractivity contribution in [2.75, 3.05) is 0 Å². The zero-order valence-corrected chi connectivity index (χ0v) is 12.9. The fourth-order valence-electron chi connectivity index (χ4n) is 2.32. The summed E-state index contributed by atoms with van der Waals surface area (Å²) < 4.78 is 0. The van der Waals surface area contributed by atoms with Crippen LogP contribution in [0.3, 0.4) is 0 Å². The van der Waals surface area contributed by atoms with E-state index < -0.39 is 0 Å². The van der Waals surface area contributed by atoms with E-state index in [2.05, 4.69) is 67.6 Å². The summed E-state index contributed by atoms with van der Waals surface area (Å²) in [5, 5.41) is 6.91. The van der Waals surface area contributed by atoms with Gasteiger partial charge in [0.1, 0.15) is 0 Å². The van der Waals surface area contributed by atoms with Crippen LogP contribution in [-0.4, -0.2) is 11.0 Å². The molecule has 0 spiro atoms. The Balaban J connectivity index is 1.94. The van der Waals surface area contributed by atoms with Gasteiger partial charge in [-0.1, -0.05) is 24.3 Å². The molecule has 2 nitrogen and oxygen atoms in total. The fraction of sp³-hybridized carbons (Fsp3) is 0.438. The van der Waals surface area contributed by atoms with Crippen LogP contribution in [0, 0.1) is 13.8 Å². The smallest absolute Gasteiger partial charge is 0.0898 e. The van der Waals surface area contributed by atoms with E-state index in [0.29, 0.717) is 12.1 Å². The summed E-state index contributed by atoms with van der Waals surface area (Å²) in [7, 11) is 0. The number of thiazole rings is 1. The van der Waals surface area contributed by atoms with Crippen molar-refractivity contribution in [3.63, 3.8) is 0 Å². The minimum absolute atomic E-state index is 0.309. The van der Waals surface area contributed by atoms with E-state index >= 15 is 0 Å². The Hall–Kier alpha value is -1.19.